The molecule has 2 aromatic heterocycles. The minimum absolute atomic E-state index is 0.261. The summed E-state index contributed by atoms with van der Waals surface area (Å²) in [5.41, 5.74) is 11.4. The molecule has 0 unspecified atom stereocenters. The summed E-state index contributed by atoms with van der Waals surface area (Å²) in [7, 11) is 8.45. The van der Waals surface area contributed by atoms with Crippen LogP contribution < -0.4 is 20.5 Å². The molecule has 0 spiro atoms. The molecule has 0 aliphatic carbocycles. The molecule has 11 nitrogen and oxygen atoms in total. The molecule has 50 heavy (non-hydrogen) atoms. The minimum atomic E-state index is -0.514. The van der Waals surface area contributed by atoms with Crippen molar-refractivity contribution in [3.05, 3.63) is 65.5 Å². The van der Waals surface area contributed by atoms with Gasteiger partial charge in [-0.05, 0) is 94.7 Å². The molecule has 0 atom stereocenters. The number of halogens is 4. The Labute approximate surface area is 323 Å². The smallest absolute Gasteiger partial charge is 0.281 e. The van der Waals surface area contributed by atoms with Gasteiger partial charge in [0, 0.05) is 40.6 Å². The molecule has 2 heterocycles. The molecule has 0 saturated carbocycles. The second-order valence-electron chi connectivity index (χ2n) is 10.2. The second kappa shape index (κ2) is 23.9. The van der Waals surface area contributed by atoms with E-state index in [1.807, 2.05) is 77.3 Å². The van der Waals surface area contributed by atoms with Gasteiger partial charge in [0.05, 0.1) is 12.0 Å². The molecular weight excluding hydrogens is 766 g/mol. The van der Waals surface area contributed by atoms with Crippen LogP contribution in [0.4, 0.5) is 11.4 Å². The van der Waals surface area contributed by atoms with E-state index in [1.54, 1.807) is 0 Å². The number of nitrogen functional groups attached to an aromatic ring is 1. The van der Waals surface area contributed by atoms with Gasteiger partial charge >= 0.3 is 0 Å². The highest BCUT2D eigenvalue weighted by atomic mass is 35.5. The molecule has 0 amide bonds. The standard InChI is InChI=1S/C15H17Cl2N3OS.C11H10Cl2N2OS.C4H10O3.C3H9N/c1-5-20(4)8-18-11-6-10(3)12(7-9(11)2)21-15-19-13(16)14(17)22-15;1-5-4-8(6(2)3-7(5)14)16-11-15-9(12)10(13)17-11;1-5-4(6-2)7-3;1-3-4-2/h6-8H,5H2,1-4H3;3-4H,14H2,1-2H3;4H,1-3H3;4H,3H2,1-2H3. The number of rotatable bonds is 11. The third-order valence-electron chi connectivity index (χ3n) is 6.33. The maximum atomic E-state index is 5.90. The van der Waals surface area contributed by atoms with Crippen molar-refractivity contribution in [2.24, 2.45) is 4.99 Å². The van der Waals surface area contributed by atoms with Gasteiger partial charge in [0.25, 0.3) is 16.9 Å². The van der Waals surface area contributed by atoms with Crippen LogP contribution in [0, 0.1) is 27.7 Å². The number of aliphatic imine (C=N–C) groups is 1. The SMILES string of the molecule is CCN(C)C=Nc1cc(C)c(Oc2nc(Cl)c(Cl)s2)cc1C.CCNC.COC(OC)OC.Cc1cc(Oc2nc(Cl)c(Cl)s2)c(C)cc1N. The van der Waals surface area contributed by atoms with Crippen LogP contribution in [0.15, 0.2) is 29.3 Å². The van der Waals surface area contributed by atoms with E-state index in [0.717, 1.165) is 52.5 Å². The molecule has 0 radical (unpaired) electrons. The molecule has 3 N–H and O–H groups in total. The topological polar surface area (TPSA) is 126 Å². The molecule has 17 heteroatoms. The first-order chi connectivity index (χ1) is 23.6. The lowest BCUT2D eigenvalue weighted by atomic mass is 10.1. The fourth-order valence-electron chi connectivity index (χ4n) is 3.28. The monoisotopic (exact) mass is 810 g/mol. The fourth-order valence-corrected chi connectivity index (χ4v) is 5.35. The summed E-state index contributed by atoms with van der Waals surface area (Å²) < 4.78 is 26.1. The van der Waals surface area contributed by atoms with E-state index in [2.05, 4.69) is 48.3 Å². The van der Waals surface area contributed by atoms with Crippen molar-refractivity contribution < 1.29 is 23.7 Å². The Hall–Kier alpha value is -2.43. The summed E-state index contributed by atoms with van der Waals surface area (Å²) in [5.74, 6) is 1.43. The van der Waals surface area contributed by atoms with Gasteiger partial charge in [-0.15, -0.1) is 0 Å². The molecule has 0 saturated heterocycles. The highest BCUT2D eigenvalue weighted by molar-refractivity contribution is 7.18. The number of thiazole rings is 2. The molecule has 0 aliphatic rings. The Bertz CT molecular complexity index is 1590. The zero-order valence-electron chi connectivity index (χ0n) is 30.1. The Morgan fingerprint density at radius 2 is 1.24 bits per heavy atom. The first-order valence-corrected chi connectivity index (χ1v) is 18.2. The predicted molar refractivity (Wildman–Crippen MR) is 212 cm³/mol. The molecule has 0 bridgehead atoms. The number of nitrogens with one attached hydrogen (secondary N) is 1. The predicted octanol–water partition coefficient (Wildman–Crippen LogP) is 10.3. The summed E-state index contributed by atoms with van der Waals surface area (Å²) >= 11 is 25.7. The maximum absolute atomic E-state index is 5.90. The number of methoxy groups -OCH3 is 3. The Kier molecular flexibility index (Phi) is 21.8. The van der Waals surface area contributed by atoms with Crippen molar-refractivity contribution in [1.29, 1.82) is 0 Å². The minimum Gasteiger partial charge on any atom is -0.431 e. The van der Waals surface area contributed by atoms with E-state index in [4.69, 9.17) is 61.6 Å². The Morgan fingerprint density at radius 1 is 0.800 bits per heavy atom. The lowest BCUT2D eigenvalue weighted by Crippen LogP contribution is -2.14. The Morgan fingerprint density at radius 3 is 1.60 bits per heavy atom. The van der Waals surface area contributed by atoms with E-state index in [-0.39, 0.29) is 10.3 Å². The van der Waals surface area contributed by atoms with Crippen LogP contribution >= 0.6 is 69.1 Å². The number of nitrogens with zero attached hydrogens (tertiary/aromatic N) is 4. The van der Waals surface area contributed by atoms with Crippen LogP contribution in [-0.2, 0) is 14.2 Å². The maximum Gasteiger partial charge on any atom is 0.281 e. The first kappa shape index (κ1) is 45.6. The van der Waals surface area contributed by atoms with Crippen LogP contribution in [0.5, 0.6) is 21.9 Å². The Balaban J connectivity index is 0.000000393. The van der Waals surface area contributed by atoms with Crippen molar-refractivity contribution in [3.63, 3.8) is 0 Å². The molecule has 4 rings (SSSR count). The van der Waals surface area contributed by atoms with Gasteiger partial charge in [0.15, 0.2) is 10.3 Å². The summed E-state index contributed by atoms with van der Waals surface area (Å²) in [6.45, 7) is 13.4. The van der Waals surface area contributed by atoms with E-state index < -0.39 is 6.48 Å². The number of anilines is 1. The van der Waals surface area contributed by atoms with E-state index in [1.165, 1.54) is 44.0 Å². The average molecular weight is 813 g/mol. The van der Waals surface area contributed by atoms with Gasteiger partial charge in [-0.25, -0.2) is 4.99 Å². The van der Waals surface area contributed by atoms with Crippen molar-refractivity contribution in [1.82, 2.24) is 20.2 Å². The zero-order chi connectivity index (χ0) is 38.0. The summed E-state index contributed by atoms with van der Waals surface area (Å²) in [4.78, 5) is 14.6. The van der Waals surface area contributed by atoms with Gasteiger partial charge in [0.2, 0.25) is 0 Å². The van der Waals surface area contributed by atoms with Gasteiger partial charge in [0.1, 0.15) is 20.2 Å². The van der Waals surface area contributed by atoms with Crippen molar-refractivity contribution in [2.75, 3.05) is 54.2 Å². The number of ether oxygens (including phenoxy) is 5. The van der Waals surface area contributed by atoms with Crippen molar-refractivity contribution >= 4 is 86.8 Å². The van der Waals surface area contributed by atoms with Crippen LogP contribution in [0.3, 0.4) is 0 Å². The van der Waals surface area contributed by atoms with Gasteiger partial charge in [-0.1, -0.05) is 76.0 Å². The van der Waals surface area contributed by atoms with E-state index in [9.17, 15) is 0 Å². The van der Waals surface area contributed by atoms with Gasteiger partial charge in [-0.2, -0.15) is 9.97 Å². The largest absolute Gasteiger partial charge is 0.431 e. The quantitative estimate of drug-likeness (QED) is 0.0654. The molecular formula is C33H46Cl4N6O5S2. The van der Waals surface area contributed by atoms with Crippen LogP contribution in [0.25, 0.3) is 0 Å². The summed E-state index contributed by atoms with van der Waals surface area (Å²) in [6, 6.07) is 7.66. The number of hydrogen-bond acceptors (Lipinski definition) is 12. The number of nitrogens with two attached hydrogens (primary N) is 1. The van der Waals surface area contributed by atoms with Crippen LogP contribution in [-0.4, -0.2) is 76.2 Å². The third kappa shape index (κ3) is 15.9. The van der Waals surface area contributed by atoms with Crippen LogP contribution in [0.2, 0.25) is 19.0 Å². The summed E-state index contributed by atoms with van der Waals surface area (Å²) in [6.07, 6.45) is 1.82. The molecule has 0 aliphatic heterocycles. The van der Waals surface area contributed by atoms with Crippen LogP contribution in [0.1, 0.15) is 36.1 Å². The average Bonchev–Trinajstić information content (AvgIpc) is 3.58. The number of benzene rings is 2. The van der Waals surface area contributed by atoms with Crippen molar-refractivity contribution in [3.8, 4) is 21.9 Å². The number of aryl methyl sites for hydroxylation is 4. The molecule has 278 valence electrons. The lowest BCUT2D eigenvalue weighted by molar-refractivity contribution is -0.252. The number of hydrogen-bond donors (Lipinski definition) is 2. The second-order valence-corrected chi connectivity index (χ2v) is 14.0. The first-order valence-electron chi connectivity index (χ1n) is 15.1. The van der Waals surface area contributed by atoms with Gasteiger partial charge in [-0.3, -0.25) is 0 Å². The normalized spacial score (nSPS) is 10.6. The highest BCUT2D eigenvalue weighted by Gasteiger charge is 2.13. The molecule has 2 aromatic carbocycles. The number of aromatic nitrogens is 2. The lowest BCUT2D eigenvalue weighted by Gasteiger charge is -2.11. The van der Waals surface area contributed by atoms with Crippen molar-refractivity contribution in [2.45, 2.75) is 48.0 Å². The molecule has 0 fully saturated rings. The fraction of sp³-hybridized carbons (Fsp3) is 0.424. The third-order valence-corrected chi connectivity index (χ3v) is 9.56. The highest BCUT2D eigenvalue weighted by Crippen LogP contribution is 2.38. The summed E-state index contributed by atoms with van der Waals surface area (Å²) in [5, 5.41) is 4.31. The van der Waals surface area contributed by atoms with E-state index >= 15 is 0 Å². The molecule has 4 aromatic rings. The zero-order valence-corrected chi connectivity index (χ0v) is 34.8. The van der Waals surface area contributed by atoms with E-state index in [0.29, 0.717) is 24.8 Å². The van der Waals surface area contributed by atoms with Gasteiger partial charge < -0.3 is 39.6 Å².